The Morgan fingerprint density at radius 2 is 1.95 bits per heavy atom. The molecule has 1 aromatic carbocycles. The van der Waals surface area contributed by atoms with Crippen LogP contribution in [0, 0.1) is 18.6 Å². The van der Waals surface area contributed by atoms with Gasteiger partial charge in [-0.05, 0) is 37.2 Å². The zero-order valence-corrected chi connectivity index (χ0v) is 11.5. The first-order chi connectivity index (χ1) is 9.54. The van der Waals surface area contributed by atoms with Crippen molar-refractivity contribution in [3.05, 3.63) is 58.8 Å². The molecule has 0 aliphatic heterocycles. The number of nitrogens with two attached hydrogens (primary N) is 1. The van der Waals surface area contributed by atoms with Gasteiger partial charge in [-0.25, -0.2) is 13.8 Å². The molecule has 3 nitrogen and oxygen atoms in total. The summed E-state index contributed by atoms with van der Waals surface area (Å²) in [4.78, 5) is 4.06. The standard InChI is InChI=1S/C15H17F2N3/c1-3-19-14(10-7-9(2)8-20-15(10)18)13-11(16)5-4-6-12(13)17/h4-8,14,19H,3H2,1-2H3,(H2,18,20). The van der Waals surface area contributed by atoms with Gasteiger partial charge in [0.15, 0.2) is 0 Å². The number of hydrogen-bond acceptors (Lipinski definition) is 3. The van der Waals surface area contributed by atoms with E-state index in [9.17, 15) is 8.78 Å². The summed E-state index contributed by atoms with van der Waals surface area (Å²) >= 11 is 0. The van der Waals surface area contributed by atoms with Gasteiger partial charge in [0.2, 0.25) is 0 Å². The summed E-state index contributed by atoms with van der Waals surface area (Å²) in [5, 5.41) is 3.06. The number of anilines is 1. The highest BCUT2D eigenvalue weighted by molar-refractivity contribution is 5.47. The van der Waals surface area contributed by atoms with Crippen LogP contribution >= 0.6 is 0 Å². The fraction of sp³-hybridized carbons (Fsp3) is 0.267. The van der Waals surface area contributed by atoms with E-state index in [1.165, 1.54) is 18.2 Å². The predicted molar refractivity (Wildman–Crippen MR) is 75.3 cm³/mol. The van der Waals surface area contributed by atoms with E-state index < -0.39 is 17.7 Å². The molecule has 0 bridgehead atoms. The third kappa shape index (κ3) is 2.77. The molecule has 0 aliphatic rings. The topological polar surface area (TPSA) is 50.9 Å². The van der Waals surface area contributed by atoms with Crippen LogP contribution in [-0.4, -0.2) is 11.5 Å². The molecule has 106 valence electrons. The van der Waals surface area contributed by atoms with E-state index in [4.69, 9.17) is 5.73 Å². The lowest BCUT2D eigenvalue weighted by atomic mass is 9.97. The first kappa shape index (κ1) is 14.4. The summed E-state index contributed by atoms with van der Waals surface area (Å²) in [5.74, 6) is -0.932. The highest BCUT2D eigenvalue weighted by atomic mass is 19.1. The first-order valence-corrected chi connectivity index (χ1v) is 6.44. The van der Waals surface area contributed by atoms with E-state index in [-0.39, 0.29) is 11.4 Å². The highest BCUT2D eigenvalue weighted by Crippen LogP contribution is 2.30. The van der Waals surface area contributed by atoms with Gasteiger partial charge in [0.25, 0.3) is 0 Å². The second-order valence-corrected chi connectivity index (χ2v) is 4.61. The van der Waals surface area contributed by atoms with Crippen molar-refractivity contribution in [2.45, 2.75) is 19.9 Å². The Morgan fingerprint density at radius 1 is 1.30 bits per heavy atom. The maximum absolute atomic E-state index is 14.0. The smallest absolute Gasteiger partial charge is 0.131 e. The number of halogens is 2. The Morgan fingerprint density at radius 3 is 2.55 bits per heavy atom. The summed E-state index contributed by atoms with van der Waals surface area (Å²) in [6.07, 6.45) is 1.62. The van der Waals surface area contributed by atoms with Crippen molar-refractivity contribution >= 4 is 5.82 Å². The van der Waals surface area contributed by atoms with E-state index in [0.717, 1.165) is 5.56 Å². The Balaban J connectivity index is 2.59. The minimum atomic E-state index is -0.659. The molecule has 2 aromatic rings. The van der Waals surface area contributed by atoms with E-state index in [2.05, 4.69) is 10.3 Å². The van der Waals surface area contributed by atoms with Crippen LogP contribution in [0.25, 0.3) is 0 Å². The van der Waals surface area contributed by atoms with Crippen molar-refractivity contribution in [3.8, 4) is 0 Å². The average Bonchev–Trinajstić information content (AvgIpc) is 2.40. The number of nitrogens with one attached hydrogen (secondary N) is 1. The largest absolute Gasteiger partial charge is 0.383 e. The zero-order chi connectivity index (χ0) is 14.7. The van der Waals surface area contributed by atoms with Crippen LogP contribution in [0.3, 0.4) is 0 Å². The molecule has 1 atom stereocenters. The number of pyridine rings is 1. The van der Waals surface area contributed by atoms with Gasteiger partial charge in [0, 0.05) is 17.3 Å². The number of nitrogen functional groups attached to an aromatic ring is 1. The summed E-state index contributed by atoms with van der Waals surface area (Å²) in [6, 6.07) is 4.95. The van der Waals surface area contributed by atoms with E-state index in [0.29, 0.717) is 12.1 Å². The third-order valence-electron chi connectivity index (χ3n) is 3.09. The Labute approximate surface area is 116 Å². The van der Waals surface area contributed by atoms with Gasteiger partial charge in [-0.1, -0.05) is 13.0 Å². The normalized spacial score (nSPS) is 12.4. The maximum atomic E-state index is 14.0. The van der Waals surface area contributed by atoms with Gasteiger partial charge < -0.3 is 11.1 Å². The van der Waals surface area contributed by atoms with Gasteiger partial charge in [-0.2, -0.15) is 0 Å². The summed E-state index contributed by atoms with van der Waals surface area (Å²) in [7, 11) is 0. The molecule has 2 rings (SSSR count). The van der Waals surface area contributed by atoms with Gasteiger partial charge in [-0.3, -0.25) is 0 Å². The predicted octanol–water partition coefficient (Wildman–Crippen LogP) is 2.95. The molecular formula is C15H17F2N3. The molecular weight excluding hydrogens is 260 g/mol. The van der Waals surface area contributed by atoms with Crippen LogP contribution in [0.15, 0.2) is 30.5 Å². The second-order valence-electron chi connectivity index (χ2n) is 4.61. The van der Waals surface area contributed by atoms with Crippen LogP contribution in [0.4, 0.5) is 14.6 Å². The molecule has 20 heavy (non-hydrogen) atoms. The first-order valence-electron chi connectivity index (χ1n) is 6.44. The SMILES string of the molecule is CCNC(c1cc(C)cnc1N)c1c(F)cccc1F. The van der Waals surface area contributed by atoms with Gasteiger partial charge in [0.1, 0.15) is 17.5 Å². The molecule has 3 N–H and O–H groups in total. The van der Waals surface area contributed by atoms with Gasteiger partial charge >= 0.3 is 0 Å². The minimum absolute atomic E-state index is 0.0338. The fourth-order valence-corrected chi connectivity index (χ4v) is 2.19. The molecule has 1 aromatic heterocycles. The molecule has 0 saturated heterocycles. The lowest BCUT2D eigenvalue weighted by Gasteiger charge is -2.21. The van der Waals surface area contributed by atoms with Crippen LogP contribution in [0.5, 0.6) is 0 Å². The van der Waals surface area contributed by atoms with Crippen LogP contribution in [0.2, 0.25) is 0 Å². The second kappa shape index (κ2) is 5.96. The molecule has 5 heteroatoms. The van der Waals surface area contributed by atoms with E-state index >= 15 is 0 Å². The molecule has 1 unspecified atom stereocenters. The molecule has 0 saturated carbocycles. The van der Waals surface area contributed by atoms with Crippen molar-refractivity contribution in [1.29, 1.82) is 0 Å². The van der Waals surface area contributed by atoms with Crippen molar-refractivity contribution < 1.29 is 8.78 Å². The Kier molecular flexibility index (Phi) is 4.29. The quantitative estimate of drug-likeness (QED) is 0.903. The fourth-order valence-electron chi connectivity index (χ4n) is 2.19. The Hall–Kier alpha value is -2.01. The lowest BCUT2D eigenvalue weighted by molar-refractivity contribution is 0.510. The summed E-state index contributed by atoms with van der Waals surface area (Å²) in [6.45, 7) is 4.27. The Bertz CT molecular complexity index is 594. The number of hydrogen-bond donors (Lipinski definition) is 2. The van der Waals surface area contributed by atoms with Crippen molar-refractivity contribution in [2.24, 2.45) is 0 Å². The van der Waals surface area contributed by atoms with Crippen LogP contribution in [0.1, 0.15) is 29.7 Å². The minimum Gasteiger partial charge on any atom is -0.383 e. The van der Waals surface area contributed by atoms with Crippen molar-refractivity contribution in [3.63, 3.8) is 0 Å². The maximum Gasteiger partial charge on any atom is 0.131 e. The molecule has 1 heterocycles. The van der Waals surface area contributed by atoms with Crippen LogP contribution in [-0.2, 0) is 0 Å². The van der Waals surface area contributed by atoms with Crippen molar-refractivity contribution in [1.82, 2.24) is 10.3 Å². The zero-order valence-electron chi connectivity index (χ0n) is 11.5. The highest BCUT2D eigenvalue weighted by Gasteiger charge is 2.23. The number of aryl methyl sites for hydroxylation is 1. The number of nitrogens with zero attached hydrogens (tertiary/aromatic N) is 1. The van der Waals surface area contributed by atoms with Crippen molar-refractivity contribution in [2.75, 3.05) is 12.3 Å². The van der Waals surface area contributed by atoms with E-state index in [1.807, 2.05) is 13.8 Å². The molecule has 0 aliphatic carbocycles. The molecule has 0 radical (unpaired) electrons. The van der Waals surface area contributed by atoms with Gasteiger partial charge in [0.05, 0.1) is 6.04 Å². The van der Waals surface area contributed by atoms with Gasteiger partial charge in [-0.15, -0.1) is 0 Å². The number of benzene rings is 1. The van der Waals surface area contributed by atoms with Crippen LogP contribution < -0.4 is 11.1 Å². The summed E-state index contributed by atoms with van der Waals surface area (Å²) in [5.41, 5.74) is 7.29. The molecule has 0 fully saturated rings. The average molecular weight is 277 g/mol. The lowest BCUT2D eigenvalue weighted by Crippen LogP contribution is -2.25. The van der Waals surface area contributed by atoms with E-state index in [1.54, 1.807) is 12.3 Å². The number of aromatic nitrogens is 1. The molecule has 0 amide bonds. The third-order valence-corrected chi connectivity index (χ3v) is 3.09. The number of rotatable bonds is 4. The monoisotopic (exact) mass is 277 g/mol. The molecule has 0 spiro atoms. The summed E-state index contributed by atoms with van der Waals surface area (Å²) < 4.78 is 28.0.